The molecule has 104 valence electrons. The lowest BCUT2D eigenvalue weighted by atomic mass is 10.1. The molecular weight excluding hydrogens is 278 g/mol. The first-order chi connectivity index (χ1) is 9.60. The summed E-state index contributed by atoms with van der Waals surface area (Å²) in [6.45, 7) is 2.28. The molecule has 0 aliphatic heterocycles. The number of ether oxygens (including phenoxy) is 1. The summed E-state index contributed by atoms with van der Waals surface area (Å²) in [4.78, 5) is 10.5. The maximum absolute atomic E-state index is 11.0. The summed E-state index contributed by atoms with van der Waals surface area (Å²) in [6.07, 6.45) is 0. The molecular formula is C15H14ClNO3. The van der Waals surface area contributed by atoms with Crippen LogP contribution in [0.25, 0.3) is 0 Å². The van der Waals surface area contributed by atoms with Crippen molar-refractivity contribution >= 4 is 17.3 Å². The van der Waals surface area contributed by atoms with Crippen LogP contribution in [0.3, 0.4) is 0 Å². The molecule has 0 saturated heterocycles. The van der Waals surface area contributed by atoms with E-state index in [4.69, 9.17) is 16.3 Å². The zero-order chi connectivity index (χ0) is 14.5. The molecule has 5 heteroatoms. The first-order valence-electron chi connectivity index (χ1n) is 6.12. The van der Waals surface area contributed by atoms with Gasteiger partial charge in [-0.05, 0) is 24.1 Å². The summed E-state index contributed by atoms with van der Waals surface area (Å²) in [5, 5.41) is 11.0. The van der Waals surface area contributed by atoms with Gasteiger partial charge in [0.1, 0.15) is 6.61 Å². The number of alkyl halides is 1. The summed E-state index contributed by atoms with van der Waals surface area (Å²) in [5.74, 6) is 0.535. The molecule has 0 unspecified atom stereocenters. The summed E-state index contributed by atoms with van der Waals surface area (Å²) in [6, 6.07) is 12.5. The minimum absolute atomic E-state index is 0.0500. The second-order valence-corrected chi connectivity index (χ2v) is 4.73. The first kappa shape index (κ1) is 14.3. The van der Waals surface area contributed by atoms with Crippen LogP contribution < -0.4 is 4.74 Å². The molecule has 0 heterocycles. The van der Waals surface area contributed by atoms with Crippen LogP contribution in [0.1, 0.15) is 16.7 Å². The van der Waals surface area contributed by atoms with Crippen molar-refractivity contribution in [3.05, 3.63) is 69.3 Å². The highest BCUT2D eigenvalue weighted by Gasteiger charge is 2.15. The van der Waals surface area contributed by atoms with E-state index >= 15 is 0 Å². The Bertz CT molecular complexity index is 611. The zero-order valence-corrected chi connectivity index (χ0v) is 11.8. The Balaban J connectivity index is 2.18. The second-order valence-electron chi connectivity index (χ2n) is 4.47. The van der Waals surface area contributed by atoms with Gasteiger partial charge in [0.05, 0.1) is 4.92 Å². The van der Waals surface area contributed by atoms with Crippen molar-refractivity contribution in [1.82, 2.24) is 0 Å². The molecule has 0 N–H and O–H groups in total. The third kappa shape index (κ3) is 3.48. The van der Waals surface area contributed by atoms with Gasteiger partial charge in [0.25, 0.3) is 0 Å². The Morgan fingerprint density at radius 2 is 1.80 bits per heavy atom. The van der Waals surface area contributed by atoms with E-state index in [9.17, 15) is 10.1 Å². The lowest BCUT2D eigenvalue weighted by Crippen LogP contribution is -2.00. The van der Waals surface area contributed by atoms with E-state index in [1.807, 2.05) is 31.2 Å². The molecule has 0 amide bonds. The Morgan fingerprint density at radius 3 is 2.40 bits per heavy atom. The van der Waals surface area contributed by atoms with Crippen molar-refractivity contribution < 1.29 is 9.66 Å². The van der Waals surface area contributed by atoms with Gasteiger partial charge in [-0.3, -0.25) is 10.1 Å². The molecule has 0 fully saturated rings. The molecule has 2 aromatic carbocycles. The SMILES string of the molecule is Cc1ccc(COc2cc(CCl)ccc2[N+](=O)[O-])cc1. The number of aryl methyl sites for hydroxylation is 1. The molecule has 0 radical (unpaired) electrons. The maximum atomic E-state index is 11.0. The predicted octanol–water partition coefficient (Wildman–Crippen LogP) is 4.22. The fraction of sp³-hybridized carbons (Fsp3) is 0.200. The lowest BCUT2D eigenvalue weighted by molar-refractivity contribution is -0.386. The number of nitro groups is 1. The molecule has 0 saturated carbocycles. The highest BCUT2D eigenvalue weighted by molar-refractivity contribution is 6.17. The van der Waals surface area contributed by atoms with Crippen molar-refractivity contribution in [3.8, 4) is 5.75 Å². The van der Waals surface area contributed by atoms with E-state index < -0.39 is 4.92 Å². The van der Waals surface area contributed by atoms with Gasteiger partial charge in [-0.25, -0.2) is 0 Å². The molecule has 0 spiro atoms. The van der Waals surface area contributed by atoms with E-state index in [1.165, 1.54) is 6.07 Å². The molecule has 0 aromatic heterocycles. The summed E-state index contributed by atoms with van der Waals surface area (Å²) in [7, 11) is 0. The topological polar surface area (TPSA) is 52.4 Å². The van der Waals surface area contributed by atoms with Crippen LogP contribution in [0.2, 0.25) is 0 Å². The van der Waals surface area contributed by atoms with Crippen molar-refractivity contribution in [3.63, 3.8) is 0 Å². The maximum Gasteiger partial charge on any atom is 0.310 e. The summed E-state index contributed by atoms with van der Waals surface area (Å²) < 4.78 is 5.57. The van der Waals surface area contributed by atoms with E-state index in [2.05, 4.69) is 0 Å². The average molecular weight is 292 g/mol. The minimum Gasteiger partial charge on any atom is -0.482 e. The van der Waals surface area contributed by atoms with E-state index in [0.717, 1.165) is 16.7 Å². The Labute approximate surface area is 122 Å². The third-order valence-corrected chi connectivity index (χ3v) is 3.20. The van der Waals surface area contributed by atoms with Crippen LogP contribution in [0.4, 0.5) is 5.69 Å². The molecule has 0 aliphatic carbocycles. The van der Waals surface area contributed by atoms with Gasteiger partial charge in [-0.2, -0.15) is 0 Å². The van der Waals surface area contributed by atoms with Gasteiger partial charge in [0.2, 0.25) is 0 Å². The van der Waals surface area contributed by atoms with Crippen molar-refractivity contribution in [2.24, 2.45) is 0 Å². The number of benzene rings is 2. The Hall–Kier alpha value is -2.07. The quantitative estimate of drug-likeness (QED) is 0.471. The van der Waals surface area contributed by atoms with Crippen molar-refractivity contribution in [1.29, 1.82) is 0 Å². The number of halogens is 1. The van der Waals surface area contributed by atoms with Gasteiger partial charge in [0, 0.05) is 11.9 Å². The van der Waals surface area contributed by atoms with Gasteiger partial charge in [0.15, 0.2) is 5.75 Å². The monoisotopic (exact) mass is 291 g/mol. The molecule has 2 aromatic rings. The Morgan fingerprint density at radius 1 is 1.15 bits per heavy atom. The minimum atomic E-state index is -0.456. The summed E-state index contributed by atoms with van der Waals surface area (Å²) in [5.41, 5.74) is 2.85. The standard InChI is InChI=1S/C15H14ClNO3/c1-11-2-4-12(5-3-11)10-20-15-8-13(9-16)6-7-14(15)17(18)19/h2-8H,9-10H2,1H3. The second kappa shape index (κ2) is 6.39. The predicted molar refractivity (Wildman–Crippen MR) is 78.2 cm³/mol. The van der Waals surface area contributed by atoms with Crippen molar-refractivity contribution in [2.75, 3.05) is 0 Å². The molecule has 2 rings (SSSR count). The highest BCUT2D eigenvalue weighted by Crippen LogP contribution is 2.29. The van der Waals surface area contributed by atoms with Crippen LogP contribution in [0, 0.1) is 17.0 Å². The van der Waals surface area contributed by atoms with E-state index in [0.29, 0.717) is 5.88 Å². The number of hydrogen-bond acceptors (Lipinski definition) is 3. The highest BCUT2D eigenvalue weighted by atomic mass is 35.5. The number of nitro benzene ring substituents is 1. The van der Waals surface area contributed by atoms with Gasteiger partial charge < -0.3 is 4.74 Å². The zero-order valence-electron chi connectivity index (χ0n) is 11.0. The lowest BCUT2D eigenvalue weighted by Gasteiger charge is -2.08. The van der Waals surface area contributed by atoms with Crippen molar-refractivity contribution in [2.45, 2.75) is 19.4 Å². The van der Waals surface area contributed by atoms with Crippen LogP contribution in [0.5, 0.6) is 5.75 Å². The third-order valence-electron chi connectivity index (χ3n) is 2.89. The molecule has 0 aliphatic rings. The van der Waals surface area contributed by atoms with Crippen LogP contribution >= 0.6 is 11.6 Å². The van der Waals surface area contributed by atoms with Crippen LogP contribution in [-0.4, -0.2) is 4.92 Å². The fourth-order valence-corrected chi connectivity index (χ4v) is 1.92. The Kier molecular flexibility index (Phi) is 4.58. The van der Waals surface area contributed by atoms with Crippen LogP contribution in [0.15, 0.2) is 42.5 Å². The largest absolute Gasteiger partial charge is 0.482 e. The van der Waals surface area contributed by atoms with Gasteiger partial charge in [-0.1, -0.05) is 35.9 Å². The molecule has 0 atom stereocenters. The molecule has 4 nitrogen and oxygen atoms in total. The number of hydrogen-bond donors (Lipinski definition) is 0. The summed E-state index contributed by atoms with van der Waals surface area (Å²) >= 11 is 5.74. The van der Waals surface area contributed by atoms with Crippen LogP contribution in [-0.2, 0) is 12.5 Å². The smallest absolute Gasteiger partial charge is 0.310 e. The van der Waals surface area contributed by atoms with E-state index in [1.54, 1.807) is 12.1 Å². The molecule has 20 heavy (non-hydrogen) atoms. The van der Waals surface area contributed by atoms with Gasteiger partial charge in [-0.15, -0.1) is 11.6 Å². The van der Waals surface area contributed by atoms with E-state index in [-0.39, 0.29) is 18.0 Å². The number of nitrogens with zero attached hydrogens (tertiary/aromatic N) is 1. The normalized spacial score (nSPS) is 10.3. The van der Waals surface area contributed by atoms with Gasteiger partial charge >= 0.3 is 5.69 Å². The fourth-order valence-electron chi connectivity index (χ4n) is 1.75. The molecule has 0 bridgehead atoms. The number of rotatable bonds is 5. The first-order valence-corrected chi connectivity index (χ1v) is 6.65. The average Bonchev–Trinajstić information content (AvgIpc) is 2.46.